The minimum absolute atomic E-state index is 0.0478. The Morgan fingerprint density at radius 1 is 0.827 bits per heavy atom. The molecule has 1 heterocycles. The summed E-state index contributed by atoms with van der Waals surface area (Å²) in [5.74, 6) is -0.751. The molecule has 268 valence electrons. The number of carbonyl (C=O) groups excluding carboxylic acids is 3. The van der Waals surface area contributed by atoms with Crippen molar-refractivity contribution in [3.8, 4) is 16.9 Å². The monoisotopic (exact) mass is 702 g/mol. The zero-order valence-corrected chi connectivity index (χ0v) is 29.6. The molecule has 0 saturated heterocycles. The molecule has 0 aliphatic heterocycles. The minimum Gasteiger partial charge on any atom is -0.497 e. The van der Waals surface area contributed by atoms with Crippen molar-refractivity contribution in [2.24, 2.45) is 0 Å². The Morgan fingerprint density at radius 3 is 2.13 bits per heavy atom. The maximum absolute atomic E-state index is 14.2. The lowest BCUT2D eigenvalue weighted by Crippen LogP contribution is -2.48. The Hall–Kier alpha value is -5.90. The maximum Gasteiger partial charge on any atom is 0.407 e. The zero-order valence-electron chi connectivity index (χ0n) is 29.6. The topological polar surface area (TPSA) is 133 Å². The molecule has 0 unspecified atom stereocenters. The van der Waals surface area contributed by atoms with Gasteiger partial charge in [-0.1, -0.05) is 78.9 Å². The number of hydrogen-bond acceptors (Lipinski definition) is 8. The third-order valence-electron chi connectivity index (χ3n) is 8.97. The highest BCUT2D eigenvalue weighted by atomic mass is 16.6. The third kappa shape index (κ3) is 8.51. The summed E-state index contributed by atoms with van der Waals surface area (Å²) in [4.78, 5) is 53.2. The number of hydrogen-bond donors (Lipinski definition) is 2. The molecule has 4 aromatic carbocycles. The fourth-order valence-corrected chi connectivity index (χ4v) is 6.65. The van der Waals surface area contributed by atoms with Gasteiger partial charge in [-0.15, -0.1) is 0 Å². The van der Waals surface area contributed by atoms with Crippen LogP contribution < -0.4 is 21.0 Å². The lowest BCUT2D eigenvalue weighted by molar-refractivity contribution is -0.155. The van der Waals surface area contributed by atoms with E-state index in [0.717, 1.165) is 27.8 Å². The molecule has 1 aromatic heterocycles. The predicted octanol–water partition coefficient (Wildman–Crippen LogP) is 7.23. The van der Waals surface area contributed by atoms with Gasteiger partial charge in [0.2, 0.25) is 5.91 Å². The van der Waals surface area contributed by atoms with Gasteiger partial charge < -0.3 is 29.3 Å². The van der Waals surface area contributed by atoms with Gasteiger partial charge in [0.05, 0.1) is 13.2 Å². The first kappa shape index (κ1) is 35.9. The molecule has 0 saturated carbocycles. The number of nitrogens with one attached hydrogen (secondary N) is 2. The van der Waals surface area contributed by atoms with Gasteiger partial charge in [-0.3, -0.25) is 9.59 Å². The Labute approximate surface area is 302 Å². The second-order valence-electron chi connectivity index (χ2n) is 13.8. The number of benzene rings is 4. The normalized spacial score (nSPS) is 13.4. The molecule has 1 aliphatic carbocycles. The van der Waals surface area contributed by atoms with Gasteiger partial charge in [0.1, 0.15) is 29.6 Å². The molecule has 0 fully saturated rings. The summed E-state index contributed by atoms with van der Waals surface area (Å²) in [5, 5.41) is 6.38. The largest absolute Gasteiger partial charge is 0.497 e. The summed E-state index contributed by atoms with van der Waals surface area (Å²) in [6, 6.07) is 30.1. The number of alkyl carbamates (subject to hydrolysis) is 1. The molecule has 2 atom stereocenters. The summed E-state index contributed by atoms with van der Waals surface area (Å²) in [5.41, 5.74) is 4.69. The Morgan fingerprint density at radius 2 is 1.48 bits per heavy atom. The first-order valence-corrected chi connectivity index (χ1v) is 17.3. The number of amides is 2. The number of methoxy groups -OCH3 is 1. The van der Waals surface area contributed by atoms with Crippen molar-refractivity contribution in [3.05, 3.63) is 136 Å². The zero-order chi connectivity index (χ0) is 36.8. The molecule has 52 heavy (non-hydrogen) atoms. The number of ether oxygens (including phenoxy) is 3. The van der Waals surface area contributed by atoms with Gasteiger partial charge >= 0.3 is 17.7 Å². The van der Waals surface area contributed by atoms with Crippen molar-refractivity contribution < 1.29 is 33.0 Å². The van der Waals surface area contributed by atoms with Crippen molar-refractivity contribution >= 4 is 28.9 Å². The maximum atomic E-state index is 14.2. The molecule has 0 radical (unpaired) electrons. The van der Waals surface area contributed by atoms with Crippen LogP contribution in [0.2, 0.25) is 0 Å². The van der Waals surface area contributed by atoms with E-state index < -0.39 is 41.3 Å². The van der Waals surface area contributed by atoms with Crippen LogP contribution in [0.1, 0.15) is 67.8 Å². The molecular weight excluding hydrogens is 660 g/mol. The number of carbonyl (C=O) groups is 3. The quantitative estimate of drug-likeness (QED) is 0.103. The molecule has 6 rings (SSSR count). The van der Waals surface area contributed by atoms with Gasteiger partial charge in [0, 0.05) is 29.9 Å². The number of esters is 1. The second-order valence-corrected chi connectivity index (χ2v) is 13.8. The summed E-state index contributed by atoms with van der Waals surface area (Å²) in [7, 11) is 1.52. The molecule has 10 heteroatoms. The van der Waals surface area contributed by atoms with Gasteiger partial charge in [0.15, 0.2) is 0 Å². The summed E-state index contributed by atoms with van der Waals surface area (Å²) < 4.78 is 22.1. The fraction of sp³-hybridized carbons (Fsp3) is 0.286. The van der Waals surface area contributed by atoms with Crippen molar-refractivity contribution in [2.45, 2.75) is 63.6 Å². The Bertz CT molecular complexity index is 2090. The highest BCUT2D eigenvalue weighted by Crippen LogP contribution is 2.44. The van der Waals surface area contributed by atoms with Crippen molar-refractivity contribution in [2.75, 3.05) is 13.7 Å². The predicted molar refractivity (Wildman–Crippen MR) is 197 cm³/mol. The van der Waals surface area contributed by atoms with E-state index in [-0.39, 0.29) is 25.4 Å². The van der Waals surface area contributed by atoms with E-state index in [9.17, 15) is 19.2 Å². The van der Waals surface area contributed by atoms with Crippen molar-refractivity contribution in [3.63, 3.8) is 0 Å². The smallest absolute Gasteiger partial charge is 0.407 e. The third-order valence-corrected chi connectivity index (χ3v) is 8.97. The number of fused-ring (bicyclic) bond motifs is 4. The van der Waals surface area contributed by atoms with E-state index in [1.165, 1.54) is 13.2 Å². The average Bonchev–Trinajstić information content (AvgIpc) is 3.44. The van der Waals surface area contributed by atoms with Crippen LogP contribution in [0.4, 0.5) is 4.79 Å². The fourth-order valence-electron chi connectivity index (χ4n) is 6.65. The lowest BCUT2D eigenvalue weighted by atomic mass is 9.95. The molecule has 2 N–H and O–H groups in total. The van der Waals surface area contributed by atoms with Crippen LogP contribution in [0.25, 0.3) is 22.1 Å². The SMILES string of the molecule is COc1ccc2c([C@H](Cc3ccccc3)NC(=O)[C@H](CCC(=O)OC(C)(C)C)NC(=O)OCC3c4ccccc4-c4ccccc43)cc(=O)oc2c1. The minimum atomic E-state index is -1.17. The Kier molecular flexibility index (Phi) is 10.7. The molecule has 0 bridgehead atoms. The standard InChI is InChI=1S/C42H42N2O8/c1-42(2,3)52-38(45)21-20-35(44-41(48)50-25-34-30-16-10-8-14-28(30)29-15-9-11-17-31(29)34)40(47)43-36(22-26-12-6-5-7-13-26)33-24-39(46)51-37-23-27(49-4)18-19-32(33)37/h5-19,23-24,34-36H,20-22,25H2,1-4H3,(H,43,47)(H,44,48)/t35-,36-/m0/s1. The highest BCUT2D eigenvalue weighted by molar-refractivity contribution is 5.88. The van der Waals surface area contributed by atoms with Crippen LogP contribution >= 0.6 is 0 Å². The highest BCUT2D eigenvalue weighted by Gasteiger charge is 2.31. The Balaban J connectivity index is 1.25. The second kappa shape index (κ2) is 15.6. The summed E-state index contributed by atoms with van der Waals surface area (Å²) >= 11 is 0. The van der Waals surface area contributed by atoms with Gasteiger partial charge in [-0.25, -0.2) is 9.59 Å². The van der Waals surface area contributed by atoms with Crippen LogP contribution in [0.3, 0.4) is 0 Å². The van der Waals surface area contributed by atoms with E-state index in [0.29, 0.717) is 28.7 Å². The summed E-state index contributed by atoms with van der Waals surface area (Å²) in [6.45, 7) is 5.32. The van der Waals surface area contributed by atoms with Crippen molar-refractivity contribution in [1.29, 1.82) is 0 Å². The molecule has 2 amide bonds. The van der Waals surface area contributed by atoms with Crippen LogP contribution in [0, 0.1) is 0 Å². The van der Waals surface area contributed by atoms with Crippen LogP contribution in [0.5, 0.6) is 5.75 Å². The average molecular weight is 703 g/mol. The lowest BCUT2D eigenvalue weighted by Gasteiger charge is -2.25. The van der Waals surface area contributed by atoms with Gasteiger partial charge in [0.25, 0.3) is 0 Å². The molecule has 5 aromatic rings. The first-order valence-electron chi connectivity index (χ1n) is 17.3. The molecule has 1 aliphatic rings. The first-order chi connectivity index (χ1) is 25.0. The van der Waals surface area contributed by atoms with Crippen LogP contribution in [-0.4, -0.2) is 43.3 Å². The summed E-state index contributed by atoms with van der Waals surface area (Å²) in [6.07, 6.45) is -0.678. The van der Waals surface area contributed by atoms with Gasteiger partial charge in [-0.2, -0.15) is 0 Å². The van der Waals surface area contributed by atoms with Crippen molar-refractivity contribution in [1.82, 2.24) is 10.6 Å². The van der Waals surface area contributed by atoms with E-state index in [1.807, 2.05) is 78.9 Å². The van der Waals surface area contributed by atoms with Crippen LogP contribution in [-0.2, 0) is 25.5 Å². The molecular formula is C42H42N2O8. The molecule has 0 spiro atoms. The van der Waals surface area contributed by atoms with E-state index in [4.69, 9.17) is 18.6 Å². The van der Waals surface area contributed by atoms with Crippen LogP contribution in [0.15, 0.2) is 112 Å². The van der Waals surface area contributed by atoms with Gasteiger partial charge in [-0.05, 0) is 79.1 Å². The number of rotatable bonds is 12. The molecule has 10 nitrogen and oxygen atoms in total. The van der Waals surface area contributed by atoms with E-state index in [2.05, 4.69) is 10.6 Å². The van der Waals surface area contributed by atoms with E-state index >= 15 is 0 Å². The van der Waals surface area contributed by atoms with E-state index in [1.54, 1.807) is 39.0 Å².